The van der Waals surface area contributed by atoms with Crippen LogP contribution in [0.15, 0.2) is 71.8 Å². The van der Waals surface area contributed by atoms with E-state index in [-0.39, 0.29) is 41.9 Å². The van der Waals surface area contributed by atoms with Gasteiger partial charge in [0.05, 0.1) is 17.1 Å². The summed E-state index contributed by atoms with van der Waals surface area (Å²) in [6.45, 7) is -0.00817. The largest absolute Gasteiger partial charge is 0.414 e. The molecule has 11 nitrogen and oxygen atoms in total. The minimum atomic E-state index is -4.20. The summed E-state index contributed by atoms with van der Waals surface area (Å²) in [7, 11) is -4.20. The van der Waals surface area contributed by atoms with E-state index in [1.165, 1.54) is 30.3 Å². The minimum absolute atomic E-state index is 0.00355. The highest BCUT2D eigenvalue weighted by Gasteiger charge is 2.20. The number of nitrogens with one attached hydrogen (secondary N) is 3. The number of benzene rings is 2. The Morgan fingerprint density at radius 2 is 1.65 bits per heavy atom. The maximum Gasteiger partial charge on any atom is 0.414 e. The van der Waals surface area contributed by atoms with Crippen molar-refractivity contribution in [2.75, 3.05) is 19.7 Å². The molecule has 0 spiro atoms. The Hall–Kier alpha value is -4.00. The molecule has 13 heteroatoms. The molecule has 1 heterocycles. The molecule has 0 bridgehead atoms. The van der Waals surface area contributed by atoms with Crippen LogP contribution >= 0.6 is 11.6 Å². The number of carbonyl (C=O) groups is 3. The van der Waals surface area contributed by atoms with Crippen molar-refractivity contribution in [2.24, 2.45) is 0 Å². The Kier molecular flexibility index (Phi) is 9.55. The number of carbonyl (C=O) groups excluding carboxylic acids is 3. The lowest BCUT2D eigenvalue weighted by molar-refractivity contribution is 0.0951. The number of aromatic nitrogens is 1. The number of amides is 3. The average molecular weight is 547 g/mol. The van der Waals surface area contributed by atoms with Gasteiger partial charge in [0.2, 0.25) is 5.88 Å². The number of halogens is 1. The minimum Gasteiger partial charge on any atom is -0.395 e. The van der Waals surface area contributed by atoms with E-state index in [0.29, 0.717) is 22.6 Å². The third kappa shape index (κ3) is 8.27. The molecule has 3 aromatic rings. The average Bonchev–Trinajstić information content (AvgIpc) is 2.88. The first kappa shape index (κ1) is 27.6. The molecule has 0 atom stereocenters. The molecule has 0 aliphatic rings. The van der Waals surface area contributed by atoms with Crippen molar-refractivity contribution in [3.8, 4) is 5.88 Å². The van der Waals surface area contributed by atoms with E-state index in [1.54, 1.807) is 30.3 Å². The third-order valence-electron chi connectivity index (χ3n) is 4.82. The van der Waals surface area contributed by atoms with Gasteiger partial charge in [0.1, 0.15) is 0 Å². The number of hydrogen-bond acceptors (Lipinski definition) is 8. The van der Waals surface area contributed by atoms with Crippen LogP contribution in [0.1, 0.15) is 26.3 Å². The topological polar surface area (TPSA) is 164 Å². The molecular formula is C24H23ClN4O7S. The van der Waals surface area contributed by atoms with Crippen molar-refractivity contribution in [2.45, 2.75) is 11.3 Å². The molecular weight excluding hydrogens is 524 g/mol. The van der Waals surface area contributed by atoms with Gasteiger partial charge in [-0.3, -0.25) is 9.59 Å². The van der Waals surface area contributed by atoms with Crippen LogP contribution in [0.5, 0.6) is 5.88 Å². The first-order chi connectivity index (χ1) is 17.7. The molecule has 0 saturated heterocycles. The number of pyridine rings is 1. The quantitative estimate of drug-likeness (QED) is 0.299. The summed E-state index contributed by atoms with van der Waals surface area (Å²) in [4.78, 5) is 39.8. The molecule has 3 amide bonds. The molecule has 1 aromatic heterocycles. The van der Waals surface area contributed by atoms with Gasteiger partial charge < -0.3 is 20.5 Å². The van der Waals surface area contributed by atoms with Crippen LogP contribution in [-0.2, 0) is 16.4 Å². The molecule has 0 fully saturated rings. The smallest absolute Gasteiger partial charge is 0.395 e. The summed E-state index contributed by atoms with van der Waals surface area (Å²) in [5.41, 5.74) is 1.00. The molecule has 3 rings (SSSR count). The van der Waals surface area contributed by atoms with Crippen molar-refractivity contribution in [3.63, 3.8) is 0 Å². The second-order valence-electron chi connectivity index (χ2n) is 7.52. The second kappa shape index (κ2) is 12.8. The number of ether oxygens (including phenoxy) is 1. The zero-order valence-electron chi connectivity index (χ0n) is 19.3. The van der Waals surface area contributed by atoms with Crippen LogP contribution < -0.4 is 20.1 Å². The molecule has 0 radical (unpaired) electrons. The number of hydrogen-bond donors (Lipinski definition) is 4. The predicted octanol–water partition coefficient (Wildman–Crippen LogP) is 1.91. The van der Waals surface area contributed by atoms with Gasteiger partial charge in [-0.2, -0.15) is 0 Å². The summed E-state index contributed by atoms with van der Waals surface area (Å²) in [6.07, 6.45) is 0.568. The Bertz CT molecular complexity index is 1360. The summed E-state index contributed by atoms with van der Waals surface area (Å²) < 4.78 is 32.3. The standard InChI is InChI=1S/C24H23ClN4O7S/c25-19-7-4-17(5-8-19)22(31)26-11-10-16-2-1-3-20(14-16)37(34,35)29-23(32)18-6-9-21(28-15-18)36-24(33)27-12-13-30/h1-9,14-15,30H,10-13H2,(H,26,31)(H,27,33)(H,29,32). The van der Waals surface area contributed by atoms with E-state index >= 15 is 0 Å². The van der Waals surface area contributed by atoms with Gasteiger partial charge in [-0.15, -0.1) is 0 Å². The number of aliphatic hydroxyl groups is 1. The monoisotopic (exact) mass is 546 g/mol. The summed E-state index contributed by atoms with van der Waals surface area (Å²) in [5.74, 6) is -1.33. The van der Waals surface area contributed by atoms with Crippen LogP contribution in [0.4, 0.5) is 4.79 Å². The number of sulfonamides is 1. The van der Waals surface area contributed by atoms with Crippen LogP contribution in [0.2, 0.25) is 5.02 Å². The Morgan fingerprint density at radius 1 is 0.919 bits per heavy atom. The van der Waals surface area contributed by atoms with Gasteiger partial charge in [-0.25, -0.2) is 22.9 Å². The fourth-order valence-electron chi connectivity index (χ4n) is 3.00. The number of rotatable bonds is 10. The highest BCUT2D eigenvalue weighted by molar-refractivity contribution is 7.90. The lowest BCUT2D eigenvalue weighted by Gasteiger charge is -2.10. The predicted molar refractivity (Wildman–Crippen MR) is 134 cm³/mol. The van der Waals surface area contributed by atoms with Gasteiger partial charge in [-0.1, -0.05) is 23.7 Å². The Balaban J connectivity index is 1.57. The first-order valence-corrected chi connectivity index (χ1v) is 12.8. The fraction of sp³-hybridized carbons (Fsp3) is 0.167. The van der Waals surface area contributed by atoms with E-state index in [9.17, 15) is 22.8 Å². The van der Waals surface area contributed by atoms with E-state index < -0.39 is 22.0 Å². The Morgan fingerprint density at radius 3 is 2.32 bits per heavy atom. The first-order valence-electron chi connectivity index (χ1n) is 10.9. The van der Waals surface area contributed by atoms with Crippen molar-refractivity contribution < 1.29 is 32.6 Å². The van der Waals surface area contributed by atoms with Crippen molar-refractivity contribution in [1.82, 2.24) is 20.3 Å². The van der Waals surface area contributed by atoms with Gasteiger partial charge in [0, 0.05) is 35.9 Å². The van der Waals surface area contributed by atoms with Crippen LogP contribution in [-0.4, -0.2) is 56.1 Å². The molecule has 2 aromatic carbocycles. The SMILES string of the molecule is O=C(NCCO)Oc1ccc(C(=O)NS(=O)(=O)c2cccc(CCNC(=O)c3ccc(Cl)cc3)c2)cn1. The van der Waals surface area contributed by atoms with E-state index in [0.717, 1.165) is 6.20 Å². The van der Waals surface area contributed by atoms with Crippen LogP contribution in [0.3, 0.4) is 0 Å². The maximum absolute atomic E-state index is 12.7. The lowest BCUT2D eigenvalue weighted by Crippen LogP contribution is -2.31. The molecule has 37 heavy (non-hydrogen) atoms. The number of aliphatic hydroxyl groups excluding tert-OH is 1. The van der Waals surface area contributed by atoms with Gasteiger partial charge in [0.15, 0.2) is 0 Å². The maximum atomic E-state index is 12.7. The fourth-order valence-corrected chi connectivity index (χ4v) is 4.17. The molecule has 0 unspecified atom stereocenters. The van der Waals surface area contributed by atoms with Crippen molar-refractivity contribution in [3.05, 3.63) is 88.6 Å². The summed E-state index contributed by atoms with van der Waals surface area (Å²) >= 11 is 5.82. The third-order valence-corrected chi connectivity index (χ3v) is 6.40. The Labute approximate surface area is 217 Å². The van der Waals surface area contributed by atoms with Crippen LogP contribution in [0.25, 0.3) is 0 Å². The van der Waals surface area contributed by atoms with Gasteiger partial charge >= 0.3 is 6.09 Å². The van der Waals surface area contributed by atoms with E-state index in [2.05, 4.69) is 15.6 Å². The highest BCUT2D eigenvalue weighted by atomic mass is 35.5. The van der Waals surface area contributed by atoms with Crippen molar-refractivity contribution in [1.29, 1.82) is 0 Å². The van der Waals surface area contributed by atoms with E-state index in [1.807, 2.05) is 4.72 Å². The van der Waals surface area contributed by atoms with E-state index in [4.69, 9.17) is 21.4 Å². The zero-order chi connectivity index (χ0) is 26.8. The number of nitrogens with zero attached hydrogens (tertiary/aromatic N) is 1. The molecule has 0 aliphatic carbocycles. The highest BCUT2D eigenvalue weighted by Crippen LogP contribution is 2.14. The second-order valence-corrected chi connectivity index (χ2v) is 9.64. The molecule has 4 N–H and O–H groups in total. The van der Waals surface area contributed by atoms with Crippen molar-refractivity contribution >= 4 is 39.5 Å². The van der Waals surface area contributed by atoms with Gasteiger partial charge in [-0.05, 0) is 54.4 Å². The summed E-state index contributed by atoms with van der Waals surface area (Å²) in [6, 6.07) is 14.9. The molecule has 0 saturated carbocycles. The zero-order valence-corrected chi connectivity index (χ0v) is 20.9. The summed E-state index contributed by atoms with van der Waals surface area (Å²) in [5, 5.41) is 14.2. The molecule has 194 valence electrons. The van der Waals surface area contributed by atoms with Gasteiger partial charge in [0.25, 0.3) is 21.8 Å². The van der Waals surface area contributed by atoms with Crippen LogP contribution in [0, 0.1) is 0 Å². The normalized spacial score (nSPS) is 10.9. The molecule has 0 aliphatic heterocycles. The lowest BCUT2D eigenvalue weighted by atomic mass is 10.1.